The summed E-state index contributed by atoms with van der Waals surface area (Å²) in [6, 6.07) is 0.960. The summed E-state index contributed by atoms with van der Waals surface area (Å²) >= 11 is 0. The number of rotatable bonds is 3. The highest BCUT2D eigenvalue weighted by molar-refractivity contribution is 5.64. The van der Waals surface area contributed by atoms with Crippen molar-refractivity contribution in [1.29, 1.82) is 0 Å². The molecule has 2 N–H and O–H groups in total. The van der Waals surface area contributed by atoms with E-state index in [0.29, 0.717) is 17.7 Å². The summed E-state index contributed by atoms with van der Waals surface area (Å²) in [4.78, 5) is 3.33. The van der Waals surface area contributed by atoms with Crippen molar-refractivity contribution in [2.45, 2.75) is 20.0 Å². The van der Waals surface area contributed by atoms with Gasteiger partial charge in [-0.05, 0) is 31.6 Å². The summed E-state index contributed by atoms with van der Waals surface area (Å²) in [5.41, 5.74) is 5.34. The van der Waals surface area contributed by atoms with Crippen LogP contribution in [0.5, 0.6) is 0 Å². The van der Waals surface area contributed by atoms with E-state index in [1.807, 2.05) is 0 Å². The minimum Gasteiger partial charge on any atom is -0.501 e. The second kappa shape index (κ2) is 5.07. The van der Waals surface area contributed by atoms with E-state index in [2.05, 4.69) is 4.98 Å². The van der Waals surface area contributed by atoms with Gasteiger partial charge < -0.3 is 10.5 Å². The number of nitrogens with two attached hydrogens (primary N) is 1. The Morgan fingerprint density at radius 1 is 1.47 bits per heavy atom. The lowest BCUT2D eigenvalue weighted by Crippen LogP contribution is -2.11. The van der Waals surface area contributed by atoms with E-state index in [1.54, 1.807) is 13.8 Å². The van der Waals surface area contributed by atoms with Gasteiger partial charge in [0.2, 0.25) is 0 Å². The van der Waals surface area contributed by atoms with Gasteiger partial charge in [0.25, 0.3) is 0 Å². The van der Waals surface area contributed by atoms with E-state index in [9.17, 15) is 13.2 Å². The molecule has 0 spiro atoms. The fourth-order valence-electron chi connectivity index (χ4n) is 1.28. The number of pyridine rings is 1. The van der Waals surface area contributed by atoms with Gasteiger partial charge in [-0.25, -0.2) is 4.98 Å². The Balaban J connectivity index is 3.11. The van der Waals surface area contributed by atoms with Crippen LogP contribution in [-0.2, 0) is 10.9 Å². The van der Waals surface area contributed by atoms with Gasteiger partial charge in [-0.15, -0.1) is 0 Å². The molecule has 0 bridgehead atoms. The van der Waals surface area contributed by atoms with Crippen LogP contribution >= 0.6 is 0 Å². The number of hydrogen-bond donors (Lipinski definition) is 1. The maximum absolute atomic E-state index is 12.4. The van der Waals surface area contributed by atoms with Gasteiger partial charge >= 0.3 is 6.18 Å². The van der Waals surface area contributed by atoms with Gasteiger partial charge in [0.15, 0.2) is 0 Å². The second-order valence-electron chi connectivity index (χ2n) is 3.38. The predicted molar refractivity (Wildman–Crippen MR) is 59.0 cm³/mol. The summed E-state index contributed by atoms with van der Waals surface area (Å²) in [6.45, 7) is 3.81. The summed E-state index contributed by atoms with van der Waals surface area (Å²) < 4.78 is 42.2. The Bertz CT molecular complexity index is 404. The van der Waals surface area contributed by atoms with Crippen LogP contribution in [-0.4, -0.2) is 11.6 Å². The molecule has 0 aliphatic rings. The van der Waals surface area contributed by atoms with E-state index < -0.39 is 11.9 Å². The number of aryl methyl sites for hydroxylation is 1. The summed E-state index contributed by atoms with van der Waals surface area (Å²) in [5, 5.41) is 0. The average Bonchev–Trinajstić information content (AvgIpc) is 2.20. The molecular weight excluding hydrogens is 233 g/mol. The van der Waals surface area contributed by atoms with Gasteiger partial charge in [-0.2, -0.15) is 13.2 Å². The number of hydrogen-bond acceptors (Lipinski definition) is 3. The van der Waals surface area contributed by atoms with Crippen molar-refractivity contribution >= 4 is 11.9 Å². The number of alkyl halides is 3. The van der Waals surface area contributed by atoms with Gasteiger partial charge in [0, 0.05) is 5.56 Å². The number of nitrogen functional groups attached to an aromatic ring is 1. The largest absolute Gasteiger partial charge is 0.501 e. The molecule has 0 aliphatic heterocycles. The van der Waals surface area contributed by atoms with Gasteiger partial charge in [-0.1, -0.05) is 0 Å². The molecule has 0 amide bonds. The van der Waals surface area contributed by atoms with Crippen LogP contribution in [0.4, 0.5) is 19.0 Å². The van der Waals surface area contributed by atoms with Crippen LogP contribution < -0.4 is 5.73 Å². The average molecular weight is 246 g/mol. The Hall–Kier alpha value is -1.72. The Labute approximate surface area is 97.1 Å². The third-order valence-electron chi connectivity index (χ3n) is 2.08. The second-order valence-corrected chi connectivity index (χ2v) is 3.38. The highest BCUT2D eigenvalue weighted by Crippen LogP contribution is 2.30. The number of anilines is 1. The molecule has 1 heterocycles. The molecule has 1 aromatic rings. The molecule has 0 unspecified atom stereocenters. The van der Waals surface area contributed by atoms with E-state index in [4.69, 9.17) is 10.5 Å². The Morgan fingerprint density at radius 3 is 2.59 bits per heavy atom. The smallest absolute Gasteiger partial charge is 0.433 e. The quantitative estimate of drug-likeness (QED) is 0.834. The predicted octanol–water partition coefficient (Wildman–Crippen LogP) is 3.00. The molecule has 6 heteroatoms. The lowest BCUT2D eigenvalue weighted by atomic mass is 10.1. The first-order valence-electron chi connectivity index (χ1n) is 4.98. The molecule has 1 aromatic heterocycles. The van der Waals surface area contributed by atoms with Gasteiger partial charge in [0.1, 0.15) is 11.5 Å². The molecule has 0 radical (unpaired) electrons. The van der Waals surface area contributed by atoms with Crippen LogP contribution in [0.2, 0.25) is 0 Å². The van der Waals surface area contributed by atoms with E-state index >= 15 is 0 Å². The summed E-state index contributed by atoms with van der Waals surface area (Å²) in [7, 11) is 0. The summed E-state index contributed by atoms with van der Waals surface area (Å²) in [5.74, 6) is -0.159. The van der Waals surface area contributed by atoms with Crippen LogP contribution in [0.1, 0.15) is 23.7 Å². The molecule has 94 valence electrons. The maximum Gasteiger partial charge on any atom is 0.433 e. The zero-order valence-electron chi connectivity index (χ0n) is 9.51. The maximum atomic E-state index is 12.4. The van der Waals surface area contributed by atoms with Crippen molar-refractivity contribution in [3.8, 4) is 0 Å². The third kappa shape index (κ3) is 3.37. The molecule has 0 saturated heterocycles. The lowest BCUT2D eigenvalue weighted by Gasteiger charge is -2.10. The molecule has 0 atom stereocenters. The minimum atomic E-state index is -4.49. The Morgan fingerprint density at radius 2 is 2.12 bits per heavy atom. The van der Waals surface area contributed by atoms with E-state index in [0.717, 1.165) is 6.07 Å². The molecule has 3 nitrogen and oxygen atoms in total. The van der Waals surface area contributed by atoms with Crippen LogP contribution in [0.15, 0.2) is 12.3 Å². The van der Waals surface area contributed by atoms with Crippen molar-refractivity contribution < 1.29 is 17.9 Å². The minimum absolute atomic E-state index is 0.159. The highest BCUT2D eigenvalue weighted by atomic mass is 19.4. The molecular formula is C11H13F3N2O. The number of halogens is 3. The van der Waals surface area contributed by atoms with Crippen molar-refractivity contribution in [3.63, 3.8) is 0 Å². The van der Waals surface area contributed by atoms with Crippen molar-refractivity contribution in [3.05, 3.63) is 29.1 Å². The van der Waals surface area contributed by atoms with Gasteiger partial charge in [-0.3, -0.25) is 0 Å². The van der Waals surface area contributed by atoms with Crippen LogP contribution in [0, 0.1) is 6.92 Å². The molecule has 17 heavy (non-hydrogen) atoms. The topological polar surface area (TPSA) is 48.1 Å². The first-order chi connectivity index (χ1) is 7.86. The molecule has 1 rings (SSSR count). The SMILES string of the molecule is CCO/C=C/c1c(C)cc(C(F)(F)F)nc1N. The Kier molecular flexibility index (Phi) is 3.98. The summed E-state index contributed by atoms with van der Waals surface area (Å²) in [6.07, 6.45) is -1.60. The van der Waals surface area contributed by atoms with Crippen molar-refractivity contribution in [2.75, 3.05) is 12.3 Å². The zero-order valence-corrected chi connectivity index (χ0v) is 9.51. The first kappa shape index (κ1) is 13.3. The zero-order chi connectivity index (χ0) is 13.1. The van der Waals surface area contributed by atoms with Gasteiger partial charge in [0.05, 0.1) is 12.9 Å². The number of nitrogens with zero attached hydrogens (tertiary/aromatic N) is 1. The van der Waals surface area contributed by atoms with E-state index in [-0.39, 0.29) is 5.82 Å². The number of aromatic nitrogens is 1. The first-order valence-corrected chi connectivity index (χ1v) is 4.98. The molecule has 0 aromatic carbocycles. The monoisotopic (exact) mass is 246 g/mol. The highest BCUT2D eigenvalue weighted by Gasteiger charge is 2.33. The standard InChI is InChI=1S/C11H13F3N2O/c1-3-17-5-4-8-7(2)6-9(11(12,13)14)16-10(8)15/h4-6H,3H2,1-2H3,(H2,15,16)/b5-4+. The van der Waals surface area contributed by atoms with Crippen LogP contribution in [0.3, 0.4) is 0 Å². The van der Waals surface area contributed by atoms with Crippen molar-refractivity contribution in [1.82, 2.24) is 4.98 Å². The van der Waals surface area contributed by atoms with Crippen LogP contribution in [0.25, 0.3) is 6.08 Å². The lowest BCUT2D eigenvalue weighted by molar-refractivity contribution is -0.141. The fraction of sp³-hybridized carbons (Fsp3) is 0.364. The van der Waals surface area contributed by atoms with Crippen molar-refractivity contribution in [2.24, 2.45) is 0 Å². The molecule has 0 saturated carbocycles. The number of ether oxygens (including phenoxy) is 1. The third-order valence-corrected chi connectivity index (χ3v) is 2.08. The normalized spacial score (nSPS) is 12.1. The molecule has 0 fully saturated rings. The van der Waals surface area contributed by atoms with E-state index in [1.165, 1.54) is 12.3 Å². The molecule has 0 aliphatic carbocycles. The fourth-order valence-corrected chi connectivity index (χ4v) is 1.28.